The number of hydrogen-bond donors (Lipinski definition) is 0. The molecule has 0 saturated carbocycles. The van der Waals surface area contributed by atoms with Crippen LogP contribution in [0, 0.1) is 6.92 Å². The maximum Gasteiger partial charge on any atom is 0.254 e. The molecular weight excluding hydrogens is 360 g/mol. The van der Waals surface area contributed by atoms with E-state index in [1.807, 2.05) is 36.6 Å². The molecule has 0 atom stereocenters. The van der Waals surface area contributed by atoms with E-state index in [0.717, 1.165) is 11.3 Å². The zero-order valence-corrected chi connectivity index (χ0v) is 16.5. The summed E-state index contributed by atoms with van der Waals surface area (Å²) in [7, 11) is 3.37. The lowest BCUT2D eigenvalue weighted by Crippen LogP contribution is -2.26. The first-order chi connectivity index (χ1) is 13.1. The Hall–Kier alpha value is -2.86. The van der Waals surface area contributed by atoms with Crippen LogP contribution in [0.1, 0.15) is 27.2 Å². The molecule has 0 aliphatic rings. The van der Waals surface area contributed by atoms with Crippen LogP contribution in [0.2, 0.25) is 0 Å². The fourth-order valence-corrected chi connectivity index (χ4v) is 3.26. The van der Waals surface area contributed by atoms with E-state index in [9.17, 15) is 4.79 Å². The Kier molecular flexibility index (Phi) is 6.08. The number of amides is 1. The lowest BCUT2D eigenvalue weighted by atomic mass is 10.1. The number of hydrogen-bond acceptors (Lipinski definition) is 5. The van der Waals surface area contributed by atoms with Gasteiger partial charge in [-0.1, -0.05) is 24.3 Å². The Bertz CT molecular complexity index is 910. The summed E-state index contributed by atoms with van der Waals surface area (Å²) in [5.74, 6) is 1.05. The van der Waals surface area contributed by atoms with E-state index in [0.29, 0.717) is 30.2 Å². The molecule has 0 N–H and O–H groups in total. The standard InChI is InChI=1S/C21H22N2O3S/c1-15-6-4-5-7-17(15)11-23(2)21(24)16-8-9-19(20(10-16)25-3)26-12-18-13-27-14-22-18/h4-10,13-14H,11-12H2,1-3H3. The van der Waals surface area contributed by atoms with Gasteiger partial charge in [0.05, 0.1) is 18.3 Å². The molecule has 0 aliphatic heterocycles. The van der Waals surface area contributed by atoms with Crippen LogP contribution in [0.15, 0.2) is 53.4 Å². The third kappa shape index (κ3) is 4.65. The van der Waals surface area contributed by atoms with Gasteiger partial charge in [-0.3, -0.25) is 4.79 Å². The van der Waals surface area contributed by atoms with E-state index < -0.39 is 0 Å². The minimum Gasteiger partial charge on any atom is -0.493 e. The molecule has 0 spiro atoms. The molecule has 3 aromatic rings. The van der Waals surface area contributed by atoms with E-state index in [1.54, 1.807) is 42.8 Å². The molecule has 0 fully saturated rings. The molecule has 0 aliphatic carbocycles. The van der Waals surface area contributed by atoms with Gasteiger partial charge in [-0.2, -0.15) is 0 Å². The Morgan fingerprint density at radius 2 is 2.00 bits per heavy atom. The number of carbonyl (C=O) groups is 1. The number of aryl methyl sites for hydroxylation is 1. The van der Waals surface area contributed by atoms with E-state index in [-0.39, 0.29) is 5.91 Å². The van der Waals surface area contributed by atoms with E-state index in [2.05, 4.69) is 4.98 Å². The van der Waals surface area contributed by atoms with Crippen LogP contribution >= 0.6 is 11.3 Å². The molecule has 0 saturated heterocycles. The first-order valence-electron chi connectivity index (χ1n) is 8.56. The van der Waals surface area contributed by atoms with Crippen molar-refractivity contribution < 1.29 is 14.3 Å². The van der Waals surface area contributed by atoms with Gasteiger partial charge in [-0.05, 0) is 36.2 Å². The Morgan fingerprint density at radius 3 is 2.70 bits per heavy atom. The highest BCUT2D eigenvalue weighted by Crippen LogP contribution is 2.29. The molecule has 27 heavy (non-hydrogen) atoms. The zero-order chi connectivity index (χ0) is 19.2. The first kappa shape index (κ1) is 18.9. The van der Waals surface area contributed by atoms with Crippen molar-refractivity contribution in [2.45, 2.75) is 20.1 Å². The number of carbonyl (C=O) groups excluding carboxylic acids is 1. The minimum atomic E-state index is -0.0670. The Labute approximate surface area is 163 Å². The van der Waals surface area contributed by atoms with Gasteiger partial charge >= 0.3 is 0 Å². The van der Waals surface area contributed by atoms with Gasteiger partial charge in [0, 0.05) is 24.5 Å². The van der Waals surface area contributed by atoms with Crippen molar-refractivity contribution in [3.05, 3.63) is 75.7 Å². The maximum absolute atomic E-state index is 12.8. The molecule has 0 radical (unpaired) electrons. The highest BCUT2D eigenvalue weighted by atomic mass is 32.1. The third-order valence-electron chi connectivity index (χ3n) is 4.29. The summed E-state index contributed by atoms with van der Waals surface area (Å²) in [6.45, 7) is 2.96. The average Bonchev–Trinajstić information content (AvgIpc) is 3.21. The molecular formula is C21H22N2O3S. The first-order valence-corrected chi connectivity index (χ1v) is 9.50. The van der Waals surface area contributed by atoms with Crippen molar-refractivity contribution in [3.8, 4) is 11.5 Å². The van der Waals surface area contributed by atoms with Crippen LogP contribution in [-0.2, 0) is 13.2 Å². The summed E-state index contributed by atoms with van der Waals surface area (Å²) in [4.78, 5) is 18.7. The van der Waals surface area contributed by atoms with Crippen LogP contribution < -0.4 is 9.47 Å². The highest BCUT2D eigenvalue weighted by molar-refractivity contribution is 7.07. The van der Waals surface area contributed by atoms with Gasteiger partial charge in [-0.25, -0.2) is 4.98 Å². The van der Waals surface area contributed by atoms with Crippen LogP contribution in [0.4, 0.5) is 0 Å². The fourth-order valence-electron chi connectivity index (χ4n) is 2.72. The highest BCUT2D eigenvalue weighted by Gasteiger charge is 2.16. The predicted molar refractivity (Wildman–Crippen MR) is 106 cm³/mol. The number of nitrogens with zero attached hydrogens (tertiary/aromatic N) is 2. The molecule has 6 heteroatoms. The van der Waals surface area contributed by atoms with E-state index in [4.69, 9.17) is 9.47 Å². The second kappa shape index (κ2) is 8.68. The van der Waals surface area contributed by atoms with Gasteiger partial charge in [-0.15, -0.1) is 11.3 Å². The molecule has 0 bridgehead atoms. The van der Waals surface area contributed by atoms with Crippen molar-refractivity contribution >= 4 is 17.2 Å². The van der Waals surface area contributed by atoms with E-state index >= 15 is 0 Å². The van der Waals surface area contributed by atoms with Gasteiger partial charge in [0.15, 0.2) is 11.5 Å². The van der Waals surface area contributed by atoms with Crippen molar-refractivity contribution in [1.82, 2.24) is 9.88 Å². The number of aromatic nitrogens is 1. The summed E-state index contributed by atoms with van der Waals surface area (Å²) in [5, 5.41) is 1.94. The molecule has 1 amide bonds. The fraction of sp³-hybridized carbons (Fsp3) is 0.238. The SMILES string of the molecule is COc1cc(C(=O)N(C)Cc2ccccc2C)ccc1OCc1cscn1. The predicted octanol–water partition coefficient (Wildman–Crippen LogP) is 4.31. The molecule has 2 aromatic carbocycles. The summed E-state index contributed by atoms with van der Waals surface area (Å²) in [6.07, 6.45) is 0. The van der Waals surface area contributed by atoms with E-state index in [1.165, 1.54) is 16.9 Å². The summed E-state index contributed by atoms with van der Waals surface area (Å²) < 4.78 is 11.2. The Balaban J connectivity index is 1.71. The van der Waals surface area contributed by atoms with Crippen LogP contribution in [-0.4, -0.2) is 29.9 Å². The maximum atomic E-state index is 12.8. The van der Waals surface area contributed by atoms with Crippen LogP contribution in [0.25, 0.3) is 0 Å². The number of rotatable bonds is 7. The normalized spacial score (nSPS) is 10.5. The molecule has 140 valence electrons. The molecule has 1 heterocycles. The van der Waals surface area contributed by atoms with Crippen molar-refractivity contribution in [2.24, 2.45) is 0 Å². The minimum absolute atomic E-state index is 0.0670. The second-order valence-electron chi connectivity index (χ2n) is 6.22. The van der Waals surface area contributed by atoms with Gasteiger partial charge in [0.2, 0.25) is 0 Å². The van der Waals surface area contributed by atoms with Crippen LogP contribution in [0.3, 0.4) is 0 Å². The van der Waals surface area contributed by atoms with Crippen molar-refractivity contribution in [1.29, 1.82) is 0 Å². The number of benzene rings is 2. The largest absolute Gasteiger partial charge is 0.493 e. The summed E-state index contributed by atoms with van der Waals surface area (Å²) in [5.41, 5.74) is 5.48. The number of thiazole rings is 1. The van der Waals surface area contributed by atoms with Gasteiger partial charge in [0.1, 0.15) is 6.61 Å². The number of ether oxygens (including phenoxy) is 2. The zero-order valence-electron chi connectivity index (χ0n) is 15.6. The molecule has 1 aromatic heterocycles. The van der Waals surface area contributed by atoms with Crippen LogP contribution in [0.5, 0.6) is 11.5 Å². The monoisotopic (exact) mass is 382 g/mol. The quantitative estimate of drug-likeness (QED) is 0.611. The Morgan fingerprint density at radius 1 is 1.19 bits per heavy atom. The van der Waals surface area contributed by atoms with Gasteiger partial charge in [0.25, 0.3) is 5.91 Å². The third-order valence-corrected chi connectivity index (χ3v) is 4.92. The summed E-state index contributed by atoms with van der Waals surface area (Å²) in [6, 6.07) is 13.3. The smallest absolute Gasteiger partial charge is 0.254 e. The lowest BCUT2D eigenvalue weighted by molar-refractivity contribution is 0.0784. The molecule has 0 unspecified atom stereocenters. The van der Waals surface area contributed by atoms with Crippen molar-refractivity contribution in [2.75, 3.05) is 14.2 Å². The van der Waals surface area contributed by atoms with Crippen molar-refractivity contribution in [3.63, 3.8) is 0 Å². The molecule has 5 nitrogen and oxygen atoms in total. The topological polar surface area (TPSA) is 51.7 Å². The second-order valence-corrected chi connectivity index (χ2v) is 6.94. The average molecular weight is 382 g/mol. The summed E-state index contributed by atoms with van der Waals surface area (Å²) >= 11 is 1.52. The number of methoxy groups -OCH3 is 1. The lowest BCUT2D eigenvalue weighted by Gasteiger charge is -2.19. The van der Waals surface area contributed by atoms with Gasteiger partial charge < -0.3 is 14.4 Å². The molecule has 3 rings (SSSR count).